The van der Waals surface area contributed by atoms with Gasteiger partial charge in [0.1, 0.15) is 5.69 Å². The van der Waals surface area contributed by atoms with E-state index in [9.17, 15) is 4.79 Å². The van der Waals surface area contributed by atoms with Crippen molar-refractivity contribution in [1.82, 2.24) is 14.7 Å². The molecule has 0 bridgehead atoms. The lowest BCUT2D eigenvalue weighted by atomic mass is 9.94. The van der Waals surface area contributed by atoms with E-state index in [4.69, 9.17) is 0 Å². The fraction of sp³-hybridized carbons (Fsp3) is 0.692. The van der Waals surface area contributed by atoms with Gasteiger partial charge in [0.2, 0.25) is 0 Å². The molecule has 1 atom stereocenters. The van der Waals surface area contributed by atoms with Crippen LogP contribution < -0.4 is 0 Å². The summed E-state index contributed by atoms with van der Waals surface area (Å²) in [7, 11) is 4.01. The molecule has 94 valence electrons. The smallest absolute Gasteiger partial charge is 0.177 e. The SMILES string of the molecule is CC(=O)c1cc(CC2CCCN(C)C2)nn1C. The van der Waals surface area contributed by atoms with E-state index in [-0.39, 0.29) is 5.78 Å². The van der Waals surface area contributed by atoms with Crippen LogP contribution in [0.25, 0.3) is 0 Å². The number of Topliss-reactive ketones (excluding diaryl/α,β-unsaturated/α-hetero) is 1. The standard InChI is InChI=1S/C13H21N3O/c1-10(17)13-8-12(14-16(13)3)7-11-5-4-6-15(2)9-11/h8,11H,4-7,9H2,1-3H3. The number of aromatic nitrogens is 2. The number of carbonyl (C=O) groups is 1. The van der Waals surface area contributed by atoms with Crippen molar-refractivity contribution in [1.29, 1.82) is 0 Å². The van der Waals surface area contributed by atoms with E-state index in [2.05, 4.69) is 17.0 Å². The van der Waals surface area contributed by atoms with Gasteiger partial charge in [0, 0.05) is 20.5 Å². The Kier molecular flexibility index (Phi) is 3.62. The maximum Gasteiger partial charge on any atom is 0.177 e. The summed E-state index contributed by atoms with van der Waals surface area (Å²) in [6.07, 6.45) is 3.54. The molecule has 4 heteroatoms. The number of nitrogens with zero attached hydrogens (tertiary/aromatic N) is 3. The highest BCUT2D eigenvalue weighted by Crippen LogP contribution is 2.19. The van der Waals surface area contributed by atoms with Crippen molar-refractivity contribution in [2.24, 2.45) is 13.0 Å². The van der Waals surface area contributed by atoms with Crippen molar-refractivity contribution in [2.45, 2.75) is 26.2 Å². The third-order valence-corrected chi connectivity index (χ3v) is 3.51. The minimum absolute atomic E-state index is 0.0898. The summed E-state index contributed by atoms with van der Waals surface area (Å²) in [6.45, 7) is 3.94. The van der Waals surface area contributed by atoms with Crippen LogP contribution >= 0.6 is 0 Å². The normalized spacial score (nSPS) is 21.7. The quantitative estimate of drug-likeness (QED) is 0.745. The number of piperidine rings is 1. The molecule has 1 saturated heterocycles. The molecule has 0 N–H and O–H groups in total. The maximum atomic E-state index is 11.4. The number of ketones is 1. The summed E-state index contributed by atoms with van der Waals surface area (Å²) in [5, 5.41) is 4.43. The summed E-state index contributed by atoms with van der Waals surface area (Å²) in [5.74, 6) is 0.774. The Bertz CT molecular complexity index is 411. The molecule has 1 aromatic heterocycles. The Labute approximate surface area is 103 Å². The first-order chi connectivity index (χ1) is 8.06. The fourth-order valence-corrected chi connectivity index (χ4v) is 2.69. The second-order valence-electron chi connectivity index (χ2n) is 5.18. The van der Waals surface area contributed by atoms with Gasteiger partial charge in [-0.3, -0.25) is 9.48 Å². The van der Waals surface area contributed by atoms with Gasteiger partial charge in [-0.1, -0.05) is 0 Å². The monoisotopic (exact) mass is 235 g/mol. The van der Waals surface area contributed by atoms with Gasteiger partial charge in [0.05, 0.1) is 5.69 Å². The molecule has 0 saturated carbocycles. The minimum Gasteiger partial charge on any atom is -0.306 e. The van der Waals surface area contributed by atoms with E-state index in [0.717, 1.165) is 18.7 Å². The van der Waals surface area contributed by atoms with Crippen molar-refractivity contribution in [3.63, 3.8) is 0 Å². The van der Waals surface area contributed by atoms with E-state index in [1.54, 1.807) is 11.6 Å². The molecule has 1 fully saturated rings. The first kappa shape index (κ1) is 12.3. The second-order valence-corrected chi connectivity index (χ2v) is 5.18. The molecule has 2 heterocycles. The largest absolute Gasteiger partial charge is 0.306 e. The number of aryl methyl sites for hydroxylation is 1. The Hall–Kier alpha value is -1.16. The molecule has 1 unspecified atom stereocenters. The summed E-state index contributed by atoms with van der Waals surface area (Å²) >= 11 is 0. The van der Waals surface area contributed by atoms with E-state index in [1.165, 1.54) is 19.4 Å². The average Bonchev–Trinajstić information content (AvgIpc) is 2.59. The Morgan fingerprint density at radius 1 is 1.53 bits per heavy atom. The van der Waals surface area contributed by atoms with Crippen molar-refractivity contribution in [2.75, 3.05) is 20.1 Å². The highest BCUT2D eigenvalue weighted by molar-refractivity contribution is 5.92. The van der Waals surface area contributed by atoms with Gasteiger partial charge in [-0.2, -0.15) is 5.10 Å². The number of carbonyl (C=O) groups excluding carboxylic acids is 1. The third kappa shape index (κ3) is 2.94. The van der Waals surface area contributed by atoms with Crippen LogP contribution in [0.3, 0.4) is 0 Å². The molecular formula is C13H21N3O. The van der Waals surface area contributed by atoms with Crippen molar-refractivity contribution in [3.05, 3.63) is 17.5 Å². The summed E-state index contributed by atoms with van der Waals surface area (Å²) < 4.78 is 1.70. The number of likely N-dealkylation sites (tertiary alicyclic amines) is 1. The first-order valence-electron chi connectivity index (χ1n) is 6.28. The van der Waals surface area contributed by atoms with Crippen LogP contribution in [0.2, 0.25) is 0 Å². The van der Waals surface area contributed by atoms with Crippen LogP contribution in [0.5, 0.6) is 0 Å². The zero-order valence-electron chi connectivity index (χ0n) is 10.9. The van der Waals surface area contributed by atoms with E-state index in [0.29, 0.717) is 11.6 Å². The second kappa shape index (κ2) is 5.00. The van der Waals surface area contributed by atoms with Gasteiger partial charge >= 0.3 is 0 Å². The molecular weight excluding hydrogens is 214 g/mol. The highest BCUT2D eigenvalue weighted by Gasteiger charge is 2.19. The van der Waals surface area contributed by atoms with Gasteiger partial charge in [-0.05, 0) is 44.8 Å². The lowest BCUT2D eigenvalue weighted by Crippen LogP contribution is -2.33. The van der Waals surface area contributed by atoms with Gasteiger partial charge in [-0.15, -0.1) is 0 Å². The maximum absolute atomic E-state index is 11.4. The first-order valence-corrected chi connectivity index (χ1v) is 6.28. The molecule has 1 aromatic rings. The zero-order valence-corrected chi connectivity index (χ0v) is 10.9. The highest BCUT2D eigenvalue weighted by atomic mass is 16.1. The molecule has 0 aromatic carbocycles. The van der Waals surface area contributed by atoms with Crippen LogP contribution in [-0.4, -0.2) is 40.6 Å². The van der Waals surface area contributed by atoms with E-state index >= 15 is 0 Å². The summed E-state index contributed by atoms with van der Waals surface area (Å²) in [5.41, 5.74) is 1.77. The molecule has 17 heavy (non-hydrogen) atoms. The molecule has 0 amide bonds. The van der Waals surface area contributed by atoms with Crippen LogP contribution in [0.1, 0.15) is 35.9 Å². The molecule has 4 nitrogen and oxygen atoms in total. The number of rotatable bonds is 3. The molecule has 0 spiro atoms. The van der Waals surface area contributed by atoms with E-state index < -0.39 is 0 Å². The Balaban J connectivity index is 2.03. The van der Waals surface area contributed by atoms with Crippen molar-refractivity contribution < 1.29 is 4.79 Å². The Morgan fingerprint density at radius 2 is 2.29 bits per heavy atom. The predicted molar refractivity (Wildman–Crippen MR) is 67.1 cm³/mol. The molecule has 1 aliphatic rings. The molecule has 0 radical (unpaired) electrons. The zero-order chi connectivity index (χ0) is 12.4. The van der Waals surface area contributed by atoms with E-state index in [1.807, 2.05) is 13.1 Å². The number of hydrogen-bond acceptors (Lipinski definition) is 3. The number of hydrogen-bond donors (Lipinski definition) is 0. The van der Waals surface area contributed by atoms with Gasteiger partial charge in [-0.25, -0.2) is 0 Å². The fourth-order valence-electron chi connectivity index (χ4n) is 2.69. The molecule has 1 aliphatic heterocycles. The van der Waals surface area contributed by atoms with Crippen LogP contribution in [0, 0.1) is 5.92 Å². The third-order valence-electron chi connectivity index (χ3n) is 3.51. The van der Waals surface area contributed by atoms with Crippen molar-refractivity contribution >= 4 is 5.78 Å². The Morgan fingerprint density at radius 3 is 2.88 bits per heavy atom. The van der Waals surface area contributed by atoms with Gasteiger partial charge < -0.3 is 4.90 Å². The summed E-state index contributed by atoms with van der Waals surface area (Å²) in [6, 6.07) is 1.94. The van der Waals surface area contributed by atoms with Gasteiger partial charge in [0.15, 0.2) is 5.78 Å². The summed E-state index contributed by atoms with van der Waals surface area (Å²) in [4.78, 5) is 13.7. The van der Waals surface area contributed by atoms with Crippen LogP contribution in [0.15, 0.2) is 6.07 Å². The molecule has 0 aliphatic carbocycles. The van der Waals surface area contributed by atoms with Gasteiger partial charge in [0.25, 0.3) is 0 Å². The minimum atomic E-state index is 0.0898. The van der Waals surface area contributed by atoms with Crippen LogP contribution in [-0.2, 0) is 13.5 Å². The molecule has 2 rings (SSSR count). The predicted octanol–water partition coefficient (Wildman–Crippen LogP) is 1.51. The van der Waals surface area contributed by atoms with Crippen LogP contribution in [0.4, 0.5) is 0 Å². The lowest BCUT2D eigenvalue weighted by molar-refractivity contribution is 0.100. The average molecular weight is 235 g/mol. The van der Waals surface area contributed by atoms with Crippen molar-refractivity contribution in [3.8, 4) is 0 Å². The lowest BCUT2D eigenvalue weighted by Gasteiger charge is -2.29. The topological polar surface area (TPSA) is 38.1 Å².